The summed E-state index contributed by atoms with van der Waals surface area (Å²) in [6, 6.07) is 1.75. The van der Waals surface area contributed by atoms with Crippen molar-refractivity contribution in [3.8, 4) is 6.07 Å². The average molecular weight is 309 g/mol. The van der Waals surface area contributed by atoms with Gasteiger partial charge in [-0.3, -0.25) is 0 Å². The first kappa shape index (κ1) is 16.4. The second-order valence-corrected chi connectivity index (χ2v) is 8.79. The Morgan fingerprint density at radius 3 is 2.26 bits per heavy atom. The van der Waals surface area contributed by atoms with Gasteiger partial charge in [-0.25, -0.2) is 21.1 Å². The van der Waals surface area contributed by atoms with Crippen LogP contribution in [0.3, 0.4) is 0 Å². The van der Waals surface area contributed by atoms with Gasteiger partial charge in [0.1, 0.15) is 6.54 Å². The molecule has 0 aromatic heterocycles. The Bertz CT molecular complexity index is 530. The van der Waals surface area contributed by atoms with Gasteiger partial charge in [0, 0.05) is 20.1 Å². The van der Waals surface area contributed by atoms with Gasteiger partial charge >= 0.3 is 0 Å². The smallest absolute Gasteiger partial charge is 0.212 e. The highest BCUT2D eigenvalue weighted by atomic mass is 32.2. The number of hydrogen-bond donors (Lipinski definition) is 0. The maximum atomic E-state index is 11.9. The minimum atomic E-state index is -3.54. The third-order valence-electron chi connectivity index (χ3n) is 3.03. The highest BCUT2D eigenvalue weighted by Gasteiger charge is 2.26. The Labute approximate surface area is 114 Å². The Kier molecular flexibility index (Phi) is 5.73. The molecule has 0 atom stereocenters. The SMILES string of the molecule is CN(CC#N)S(=O)(=O)CCCS(=O)(=O)N1CCCC1. The maximum Gasteiger partial charge on any atom is 0.214 e. The zero-order valence-electron chi connectivity index (χ0n) is 10.9. The average Bonchev–Trinajstić information content (AvgIpc) is 2.82. The highest BCUT2D eigenvalue weighted by Crippen LogP contribution is 2.14. The fourth-order valence-electron chi connectivity index (χ4n) is 1.87. The van der Waals surface area contributed by atoms with E-state index in [2.05, 4.69) is 0 Å². The topological polar surface area (TPSA) is 98.5 Å². The minimum Gasteiger partial charge on any atom is -0.212 e. The van der Waals surface area contributed by atoms with Crippen LogP contribution in [0, 0.1) is 11.3 Å². The molecule has 1 heterocycles. The molecule has 0 saturated carbocycles. The molecule has 110 valence electrons. The monoisotopic (exact) mass is 309 g/mol. The van der Waals surface area contributed by atoms with Crippen molar-refractivity contribution in [1.82, 2.24) is 8.61 Å². The third kappa shape index (κ3) is 4.72. The molecule has 0 aliphatic carbocycles. The number of sulfonamides is 2. The van der Waals surface area contributed by atoms with E-state index in [4.69, 9.17) is 5.26 Å². The highest BCUT2D eigenvalue weighted by molar-refractivity contribution is 7.90. The summed E-state index contributed by atoms with van der Waals surface area (Å²) in [6.07, 6.45) is 1.78. The molecular formula is C10H19N3O4S2. The van der Waals surface area contributed by atoms with E-state index in [1.165, 1.54) is 11.4 Å². The number of rotatable bonds is 7. The predicted molar refractivity (Wildman–Crippen MR) is 71.2 cm³/mol. The van der Waals surface area contributed by atoms with Gasteiger partial charge in [-0.2, -0.15) is 9.57 Å². The van der Waals surface area contributed by atoms with Gasteiger partial charge in [-0.1, -0.05) is 0 Å². The van der Waals surface area contributed by atoms with Crippen LogP contribution in [-0.4, -0.2) is 63.6 Å². The first-order valence-electron chi connectivity index (χ1n) is 6.08. The molecule has 1 fully saturated rings. The van der Waals surface area contributed by atoms with E-state index in [1.54, 1.807) is 6.07 Å². The van der Waals surface area contributed by atoms with Crippen molar-refractivity contribution in [1.29, 1.82) is 5.26 Å². The summed E-state index contributed by atoms with van der Waals surface area (Å²) >= 11 is 0. The largest absolute Gasteiger partial charge is 0.214 e. The maximum absolute atomic E-state index is 11.9. The van der Waals surface area contributed by atoms with Crippen LogP contribution in [0.25, 0.3) is 0 Å². The summed E-state index contributed by atoms with van der Waals surface area (Å²) in [6.45, 7) is 0.841. The lowest BCUT2D eigenvalue weighted by atomic mass is 10.4. The molecular weight excluding hydrogens is 290 g/mol. The molecule has 1 rings (SSSR count). The van der Waals surface area contributed by atoms with Crippen LogP contribution in [0.15, 0.2) is 0 Å². The number of nitrogens with zero attached hydrogens (tertiary/aromatic N) is 3. The lowest BCUT2D eigenvalue weighted by molar-refractivity contribution is 0.475. The Balaban J connectivity index is 2.48. The lowest BCUT2D eigenvalue weighted by Crippen LogP contribution is -2.33. The van der Waals surface area contributed by atoms with Crippen LogP contribution in [0.4, 0.5) is 0 Å². The second-order valence-electron chi connectivity index (χ2n) is 4.51. The molecule has 0 bridgehead atoms. The Hall–Kier alpha value is -0.690. The molecule has 7 nitrogen and oxygen atoms in total. The predicted octanol–water partition coefficient (Wildman–Crippen LogP) is -0.413. The summed E-state index contributed by atoms with van der Waals surface area (Å²) in [4.78, 5) is 0. The summed E-state index contributed by atoms with van der Waals surface area (Å²) in [7, 11) is -5.56. The first-order chi connectivity index (χ1) is 8.79. The van der Waals surface area contributed by atoms with Crippen molar-refractivity contribution in [2.75, 3.05) is 38.2 Å². The van der Waals surface area contributed by atoms with Gasteiger partial charge in [0.05, 0.1) is 17.6 Å². The molecule has 0 N–H and O–H groups in total. The summed E-state index contributed by atoms with van der Waals surface area (Å²) in [5.41, 5.74) is 0. The van der Waals surface area contributed by atoms with Gasteiger partial charge < -0.3 is 0 Å². The van der Waals surface area contributed by atoms with E-state index >= 15 is 0 Å². The van der Waals surface area contributed by atoms with Gasteiger partial charge in [-0.05, 0) is 19.3 Å². The van der Waals surface area contributed by atoms with Crippen LogP contribution in [-0.2, 0) is 20.0 Å². The van der Waals surface area contributed by atoms with E-state index in [1.807, 2.05) is 0 Å². The third-order valence-corrected chi connectivity index (χ3v) is 6.87. The van der Waals surface area contributed by atoms with E-state index in [-0.39, 0.29) is 24.5 Å². The van der Waals surface area contributed by atoms with E-state index in [0.29, 0.717) is 13.1 Å². The van der Waals surface area contributed by atoms with Gasteiger partial charge in [0.25, 0.3) is 0 Å². The molecule has 0 unspecified atom stereocenters. The molecule has 1 aliphatic rings. The summed E-state index contributed by atoms with van der Waals surface area (Å²) in [5.74, 6) is -0.412. The molecule has 0 aromatic carbocycles. The molecule has 9 heteroatoms. The lowest BCUT2D eigenvalue weighted by Gasteiger charge is -2.16. The van der Waals surface area contributed by atoms with E-state index < -0.39 is 20.0 Å². The first-order valence-corrected chi connectivity index (χ1v) is 9.30. The number of hydrogen-bond acceptors (Lipinski definition) is 5. The molecule has 0 spiro atoms. The van der Waals surface area contributed by atoms with Crippen molar-refractivity contribution in [3.05, 3.63) is 0 Å². The molecule has 0 radical (unpaired) electrons. The van der Waals surface area contributed by atoms with Gasteiger partial charge in [0.2, 0.25) is 20.0 Å². The molecule has 0 aromatic rings. The quantitative estimate of drug-likeness (QED) is 0.595. The zero-order chi connectivity index (χ0) is 14.5. The number of nitriles is 1. The van der Waals surface area contributed by atoms with Crippen LogP contribution in [0.5, 0.6) is 0 Å². The minimum absolute atomic E-state index is 0.0525. The zero-order valence-corrected chi connectivity index (χ0v) is 12.6. The van der Waals surface area contributed by atoms with Crippen LogP contribution >= 0.6 is 0 Å². The molecule has 1 aliphatic heterocycles. The summed E-state index contributed by atoms with van der Waals surface area (Å²) in [5, 5.41) is 8.44. The van der Waals surface area contributed by atoms with Gasteiger partial charge in [-0.15, -0.1) is 0 Å². The fraction of sp³-hybridized carbons (Fsp3) is 0.900. The standard InChI is InChI=1S/C10H19N3O4S2/c1-12(8-5-11)18(14,15)9-4-10-19(16,17)13-6-2-3-7-13/h2-4,6-10H2,1H3. The Morgan fingerprint density at radius 1 is 1.16 bits per heavy atom. The van der Waals surface area contributed by atoms with Crippen molar-refractivity contribution in [2.24, 2.45) is 0 Å². The molecule has 1 saturated heterocycles. The Morgan fingerprint density at radius 2 is 1.74 bits per heavy atom. The molecule has 0 amide bonds. The normalized spacial score (nSPS) is 17.7. The molecule has 19 heavy (non-hydrogen) atoms. The van der Waals surface area contributed by atoms with Crippen LogP contribution < -0.4 is 0 Å². The van der Waals surface area contributed by atoms with Gasteiger partial charge in [0.15, 0.2) is 0 Å². The van der Waals surface area contributed by atoms with Crippen molar-refractivity contribution < 1.29 is 16.8 Å². The fourth-order valence-corrected chi connectivity index (χ4v) is 4.71. The summed E-state index contributed by atoms with van der Waals surface area (Å²) < 4.78 is 49.5. The second kappa shape index (κ2) is 6.65. The van der Waals surface area contributed by atoms with Crippen LogP contribution in [0.1, 0.15) is 19.3 Å². The van der Waals surface area contributed by atoms with E-state index in [0.717, 1.165) is 17.1 Å². The van der Waals surface area contributed by atoms with E-state index in [9.17, 15) is 16.8 Å². The van der Waals surface area contributed by atoms with Crippen molar-refractivity contribution in [3.63, 3.8) is 0 Å². The van der Waals surface area contributed by atoms with Crippen molar-refractivity contribution in [2.45, 2.75) is 19.3 Å². The van der Waals surface area contributed by atoms with Crippen LogP contribution in [0.2, 0.25) is 0 Å². The van der Waals surface area contributed by atoms with Crippen molar-refractivity contribution >= 4 is 20.0 Å².